The van der Waals surface area contributed by atoms with Crippen molar-refractivity contribution in [2.75, 3.05) is 19.5 Å². The molecule has 5 heteroatoms. The quantitative estimate of drug-likeness (QED) is 0.836. The third kappa shape index (κ3) is 2.95. The van der Waals surface area contributed by atoms with Crippen LogP contribution in [0.2, 0.25) is 10.0 Å². The number of methoxy groups -OCH3 is 1. The lowest BCUT2D eigenvalue weighted by atomic mass is 10.3. The zero-order valence-electron chi connectivity index (χ0n) is 7.59. The summed E-state index contributed by atoms with van der Waals surface area (Å²) in [6, 6.07) is 3.40. The van der Waals surface area contributed by atoms with Gasteiger partial charge in [-0.2, -0.15) is 0 Å². The van der Waals surface area contributed by atoms with Crippen molar-refractivity contribution in [1.82, 2.24) is 0 Å². The van der Waals surface area contributed by atoms with E-state index in [1.807, 2.05) is 0 Å². The summed E-state index contributed by atoms with van der Waals surface area (Å²) in [5.41, 5.74) is 0. The Bertz CT molecular complexity index is 318. The predicted octanol–water partition coefficient (Wildman–Crippen LogP) is 3.09. The largest absolute Gasteiger partial charge is 0.494 e. The first kappa shape index (κ1) is 12.0. The van der Waals surface area contributed by atoms with E-state index in [0.717, 1.165) is 4.90 Å². The average Bonchev–Trinajstić information content (AvgIpc) is 2.14. The molecule has 1 aromatic carbocycles. The van der Waals surface area contributed by atoms with E-state index in [0.29, 0.717) is 21.5 Å². The molecule has 14 heavy (non-hydrogen) atoms. The van der Waals surface area contributed by atoms with Crippen LogP contribution in [0.15, 0.2) is 17.0 Å². The molecule has 0 atom stereocenters. The molecule has 0 heterocycles. The second-order valence-electron chi connectivity index (χ2n) is 2.49. The van der Waals surface area contributed by atoms with Crippen LogP contribution in [-0.2, 0) is 0 Å². The number of halogens is 2. The van der Waals surface area contributed by atoms with Crippen molar-refractivity contribution in [3.05, 3.63) is 22.2 Å². The van der Waals surface area contributed by atoms with Crippen molar-refractivity contribution in [2.24, 2.45) is 0 Å². The van der Waals surface area contributed by atoms with Gasteiger partial charge in [-0.1, -0.05) is 23.2 Å². The van der Waals surface area contributed by atoms with Crippen molar-refractivity contribution in [3.8, 4) is 5.75 Å². The van der Waals surface area contributed by atoms with Gasteiger partial charge in [0.2, 0.25) is 0 Å². The fraction of sp³-hybridized carbons (Fsp3) is 0.333. The molecule has 78 valence electrons. The highest BCUT2D eigenvalue weighted by molar-refractivity contribution is 7.99. The molecule has 0 saturated carbocycles. The Morgan fingerprint density at radius 3 is 2.71 bits per heavy atom. The second kappa shape index (κ2) is 5.71. The SMILES string of the molecule is COc1c(Cl)cc(Cl)cc1SCCO. The summed E-state index contributed by atoms with van der Waals surface area (Å²) in [6.45, 7) is 0.109. The number of hydrogen-bond acceptors (Lipinski definition) is 3. The molecule has 1 aromatic rings. The summed E-state index contributed by atoms with van der Waals surface area (Å²) in [5.74, 6) is 1.20. The first-order valence-electron chi connectivity index (χ1n) is 3.95. The minimum absolute atomic E-state index is 0.109. The van der Waals surface area contributed by atoms with Gasteiger partial charge in [-0.3, -0.25) is 0 Å². The van der Waals surface area contributed by atoms with E-state index in [4.69, 9.17) is 33.0 Å². The van der Waals surface area contributed by atoms with Crippen LogP contribution in [0, 0.1) is 0 Å². The van der Waals surface area contributed by atoms with E-state index >= 15 is 0 Å². The topological polar surface area (TPSA) is 29.5 Å². The molecular weight excluding hydrogens is 243 g/mol. The van der Waals surface area contributed by atoms with Gasteiger partial charge in [-0.25, -0.2) is 0 Å². The Labute approximate surface area is 97.2 Å². The highest BCUT2D eigenvalue weighted by Crippen LogP contribution is 2.38. The molecular formula is C9H10Cl2O2S. The van der Waals surface area contributed by atoms with Gasteiger partial charge in [0.05, 0.1) is 23.6 Å². The summed E-state index contributed by atoms with van der Waals surface area (Å²) in [6.07, 6.45) is 0. The van der Waals surface area contributed by atoms with Gasteiger partial charge in [0.25, 0.3) is 0 Å². The third-order valence-corrected chi connectivity index (χ3v) is 3.03. The van der Waals surface area contributed by atoms with Crippen molar-refractivity contribution in [1.29, 1.82) is 0 Å². The average molecular weight is 253 g/mol. The number of aliphatic hydroxyl groups is 1. The first-order chi connectivity index (χ1) is 6.69. The number of thioether (sulfide) groups is 1. The van der Waals surface area contributed by atoms with Gasteiger partial charge in [0, 0.05) is 10.8 Å². The van der Waals surface area contributed by atoms with Gasteiger partial charge < -0.3 is 9.84 Å². The molecule has 0 aliphatic carbocycles. The van der Waals surface area contributed by atoms with E-state index in [9.17, 15) is 0 Å². The van der Waals surface area contributed by atoms with Crippen molar-refractivity contribution < 1.29 is 9.84 Å². The zero-order valence-corrected chi connectivity index (χ0v) is 9.92. The van der Waals surface area contributed by atoms with E-state index < -0.39 is 0 Å². The Morgan fingerprint density at radius 2 is 2.14 bits per heavy atom. The number of hydrogen-bond donors (Lipinski definition) is 1. The van der Waals surface area contributed by atoms with Crippen molar-refractivity contribution in [3.63, 3.8) is 0 Å². The number of ether oxygens (including phenoxy) is 1. The van der Waals surface area contributed by atoms with Gasteiger partial charge >= 0.3 is 0 Å². The Balaban J connectivity index is 2.99. The molecule has 0 radical (unpaired) electrons. The molecule has 0 aromatic heterocycles. The lowest BCUT2D eigenvalue weighted by Crippen LogP contribution is -1.91. The second-order valence-corrected chi connectivity index (χ2v) is 4.47. The molecule has 0 amide bonds. The van der Waals surface area contributed by atoms with Crippen LogP contribution in [0.25, 0.3) is 0 Å². The lowest BCUT2D eigenvalue weighted by Gasteiger charge is -2.09. The molecule has 0 unspecified atom stereocenters. The summed E-state index contributed by atoms with van der Waals surface area (Å²) in [4.78, 5) is 0.846. The predicted molar refractivity (Wildman–Crippen MR) is 60.8 cm³/mol. The standard InChI is InChI=1S/C9H10Cl2O2S/c1-13-9-7(11)4-6(10)5-8(9)14-3-2-12/h4-5,12H,2-3H2,1H3. The summed E-state index contributed by atoms with van der Waals surface area (Å²) >= 11 is 13.2. The maximum Gasteiger partial charge on any atom is 0.151 e. The molecule has 0 fully saturated rings. The zero-order chi connectivity index (χ0) is 10.6. The van der Waals surface area contributed by atoms with E-state index in [1.165, 1.54) is 11.8 Å². The normalized spacial score (nSPS) is 10.3. The summed E-state index contributed by atoms with van der Waals surface area (Å²) < 4.78 is 5.14. The van der Waals surface area contributed by atoms with Gasteiger partial charge in [-0.05, 0) is 12.1 Å². The van der Waals surface area contributed by atoms with Crippen LogP contribution in [0.5, 0.6) is 5.75 Å². The smallest absolute Gasteiger partial charge is 0.151 e. The van der Waals surface area contributed by atoms with Crippen LogP contribution in [0.4, 0.5) is 0 Å². The summed E-state index contributed by atoms with van der Waals surface area (Å²) in [7, 11) is 1.55. The third-order valence-electron chi connectivity index (χ3n) is 1.53. The Kier molecular flexibility index (Phi) is 4.89. The molecule has 0 aliphatic heterocycles. The highest BCUT2D eigenvalue weighted by Gasteiger charge is 2.09. The van der Waals surface area contributed by atoms with Gasteiger partial charge in [0.1, 0.15) is 0 Å². The first-order valence-corrected chi connectivity index (χ1v) is 5.70. The van der Waals surface area contributed by atoms with Crippen molar-refractivity contribution in [2.45, 2.75) is 4.90 Å². The molecule has 0 bridgehead atoms. The number of benzene rings is 1. The van der Waals surface area contributed by atoms with E-state index in [1.54, 1.807) is 19.2 Å². The lowest BCUT2D eigenvalue weighted by molar-refractivity contribution is 0.322. The van der Waals surface area contributed by atoms with Gasteiger partial charge in [0.15, 0.2) is 5.75 Å². The van der Waals surface area contributed by atoms with Gasteiger partial charge in [-0.15, -0.1) is 11.8 Å². The van der Waals surface area contributed by atoms with Crippen LogP contribution >= 0.6 is 35.0 Å². The Hall–Kier alpha value is -0.0900. The molecule has 2 nitrogen and oxygen atoms in total. The fourth-order valence-electron chi connectivity index (χ4n) is 0.998. The van der Waals surface area contributed by atoms with Crippen LogP contribution in [-0.4, -0.2) is 24.6 Å². The fourth-order valence-corrected chi connectivity index (χ4v) is 2.53. The summed E-state index contributed by atoms with van der Waals surface area (Å²) in [5, 5.41) is 9.75. The highest BCUT2D eigenvalue weighted by atomic mass is 35.5. The maximum absolute atomic E-state index is 8.70. The molecule has 0 spiro atoms. The molecule has 0 saturated heterocycles. The van der Waals surface area contributed by atoms with E-state index in [-0.39, 0.29) is 6.61 Å². The minimum atomic E-state index is 0.109. The van der Waals surface area contributed by atoms with Crippen LogP contribution < -0.4 is 4.74 Å². The maximum atomic E-state index is 8.70. The monoisotopic (exact) mass is 252 g/mol. The minimum Gasteiger partial charge on any atom is -0.494 e. The van der Waals surface area contributed by atoms with Crippen molar-refractivity contribution >= 4 is 35.0 Å². The molecule has 1 N–H and O–H groups in total. The molecule has 1 rings (SSSR count). The van der Waals surface area contributed by atoms with Crippen LogP contribution in [0.1, 0.15) is 0 Å². The number of aliphatic hydroxyl groups excluding tert-OH is 1. The van der Waals surface area contributed by atoms with E-state index in [2.05, 4.69) is 0 Å². The van der Waals surface area contributed by atoms with Crippen LogP contribution in [0.3, 0.4) is 0 Å². The Morgan fingerprint density at radius 1 is 1.43 bits per heavy atom. The molecule has 0 aliphatic rings. The number of rotatable bonds is 4.